The van der Waals surface area contributed by atoms with Crippen molar-refractivity contribution in [2.45, 2.75) is 6.18 Å². The third-order valence-electron chi connectivity index (χ3n) is 3.57. The molecule has 110 valence electrons. The van der Waals surface area contributed by atoms with Crippen LogP contribution in [0.25, 0.3) is 0 Å². The standard InChI is InChI=1S/C13H15F3N2O2/c14-13(15,16)9-6-17-3-4-18(7-9)10-1-2-11-12(5-10)20-8-19-11/h1-2,5,9,17H,3-4,6-8H2. The van der Waals surface area contributed by atoms with E-state index < -0.39 is 12.1 Å². The predicted molar refractivity (Wildman–Crippen MR) is 67.2 cm³/mol. The second-order valence-corrected chi connectivity index (χ2v) is 4.93. The first kappa shape index (κ1) is 13.4. The Morgan fingerprint density at radius 2 is 2.00 bits per heavy atom. The minimum Gasteiger partial charge on any atom is -0.454 e. The molecule has 3 rings (SSSR count). The minimum atomic E-state index is -4.19. The first-order valence-electron chi connectivity index (χ1n) is 6.46. The molecule has 0 radical (unpaired) electrons. The molecule has 2 aliphatic heterocycles. The largest absolute Gasteiger partial charge is 0.454 e. The Morgan fingerprint density at radius 3 is 2.80 bits per heavy atom. The Labute approximate surface area is 114 Å². The number of anilines is 1. The van der Waals surface area contributed by atoms with E-state index >= 15 is 0 Å². The van der Waals surface area contributed by atoms with Crippen LogP contribution in [0.1, 0.15) is 0 Å². The van der Waals surface area contributed by atoms with Crippen molar-refractivity contribution in [3.05, 3.63) is 18.2 Å². The molecule has 0 amide bonds. The number of halogens is 3. The molecule has 2 aliphatic rings. The van der Waals surface area contributed by atoms with E-state index in [1.165, 1.54) is 0 Å². The minimum absolute atomic E-state index is 0.0372. The van der Waals surface area contributed by atoms with Crippen LogP contribution in [0.4, 0.5) is 18.9 Å². The number of ether oxygens (including phenoxy) is 2. The predicted octanol–water partition coefficient (Wildman–Crippen LogP) is 2.00. The van der Waals surface area contributed by atoms with Gasteiger partial charge in [0.1, 0.15) is 0 Å². The van der Waals surface area contributed by atoms with Gasteiger partial charge in [0.2, 0.25) is 6.79 Å². The van der Waals surface area contributed by atoms with Gasteiger partial charge in [-0.3, -0.25) is 0 Å². The summed E-state index contributed by atoms with van der Waals surface area (Å²) in [6.07, 6.45) is -4.19. The summed E-state index contributed by atoms with van der Waals surface area (Å²) in [7, 11) is 0. The maximum Gasteiger partial charge on any atom is 0.394 e. The van der Waals surface area contributed by atoms with Gasteiger partial charge >= 0.3 is 6.18 Å². The van der Waals surface area contributed by atoms with Gasteiger partial charge in [-0.25, -0.2) is 0 Å². The number of alkyl halides is 3. The van der Waals surface area contributed by atoms with E-state index in [2.05, 4.69) is 5.32 Å². The van der Waals surface area contributed by atoms with Crippen LogP contribution in [0.2, 0.25) is 0 Å². The fraction of sp³-hybridized carbons (Fsp3) is 0.538. The Hall–Kier alpha value is -1.63. The van der Waals surface area contributed by atoms with Crippen molar-refractivity contribution in [3.8, 4) is 11.5 Å². The van der Waals surface area contributed by atoms with E-state index in [1.54, 1.807) is 23.1 Å². The van der Waals surface area contributed by atoms with Crippen LogP contribution < -0.4 is 19.7 Å². The molecule has 0 bridgehead atoms. The molecule has 1 aromatic carbocycles. The average Bonchev–Trinajstić information content (AvgIpc) is 2.70. The molecular formula is C13H15F3N2O2. The molecule has 0 aliphatic carbocycles. The molecular weight excluding hydrogens is 273 g/mol. The SMILES string of the molecule is FC(F)(F)C1CNCCN(c2ccc3c(c2)OCO3)C1. The van der Waals surface area contributed by atoms with Gasteiger partial charge in [-0.2, -0.15) is 13.2 Å². The normalized spacial score (nSPS) is 22.8. The zero-order valence-corrected chi connectivity index (χ0v) is 10.7. The molecule has 20 heavy (non-hydrogen) atoms. The van der Waals surface area contributed by atoms with Crippen LogP contribution in [0.5, 0.6) is 11.5 Å². The van der Waals surface area contributed by atoms with Crippen molar-refractivity contribution in [2.24, 2.45) is 5.92 Å². The smallest absolute Gasteiger partial charge is 0.394 e. The van der Waals surface area contributed by atoms with Gasteiger partial charge in [0.05, 0.1) is 5.92 Å². The molecule has 0 aromatic heterocycles. The van der Waals surface area contributed by atoms with Gasteiger partial charge in [-0.1, -0.05) is 0 Å². The number of nitrogens with zero attached hydrogens (tertiary/aromatic N) is 1. The summed E-state index contributed by atoms with van der Waals surface area (Å²) in [4.78, 5) is 1.74. The van der Waals surface area contributed by atoms with Gasteiger partial charge in [-0.15, -0.1) is 0 Å². The maximum absolute atomic E-state index is 12.9. The van der Waals surface area contributed by atoms with Crippen LogP contribution in [0.3, 0.4) is 0 Å². The summed E-state index contributed by atoms with van der Waals surface area (Å²) in [6.45, 7) is 1.14. The number of benzene rings is 1. The molecule has 4 nitrogen and oxygen atoms in total. The second-order valence-electron chi connectivity index (χ2n) is 4.93. The fourth-order valence-corrected chi connectivity index (χ4v) is 2.45. The van der Waals surface area contributed by atoms with Gasteiger partial charge in [0, 0.05) is 37.9 Å². The average molecular weight is 288 g/mol. The van der Waals surface area contributed by atoms with Crippen molar-refractivity contribution in [2.75, 3.05) is 37.9 Å². The highest BCUT2D eigenvalue weighted by Gasteiger charge is 2.41. The van der Waals surface area contributed by atoms with E-state index in [1.807, 2.05) is 0 Å². The molecule has 1 unspecified atom stereocenters. The Morgan fingerprint density at radius 1 is 1.20 bits per heavy atom. The van der Waals surface area contributed by atoms with Crippen molar-refractivity contribution >= 4 is 5.69 Å². The highest BCUT2D eigenvalue weighted by Crippen LogP contribution is 2.36. The lowest BCUT2D eigenvalue weighted by Crippen LogP contribution is -2.38. The number of fused-ring (bicyclic) bond motifs is 1. The zero-order chi connectivity index (χ0) is 14.2. The van der Waals surface area contributed by atoms with Gasteiger partial charge in [-0.05, 0) is 12.1 Å². The summed E-state index contributed by atoms with van der Waals surface area (Å²) in [6, 6.07) is 5.24. The molecule has 0 saturated carbocycles. The molecule has 1 atom stereocenters. The van der Waals surface area contributed by atoms with Crippen molar-refractivity contribution in [1.82, 2.24) is 5.32 Å². The lowest BCUT2D eigenvalue weighted by molar-refractivity contribution is -0.169. The molecule has 7 heteroatoms. The monoisotopic (exact) mass is 288 g/mol. The van der Waals surface area contributed by atoms with E-state index in [0.717, 1.165) is 5.69 Å². The Bertz CT molecular complexity index is 493. The van der Waals surface area contributed by atoms with Crippen LogP contribution in [-0.2, 0) is 0 Å². The lowest BCUT2D eigenvalue weighted by atomic mass is 10.1. The third-order valence-corrected chi connectivity index (χ3v) is 3.57. The van der Waals surface area contributed by atoms with Crippen molar-refractivity contribution < 1.29 is 22.6 Å². The fourth-order valence-electron chi connectivity index (χ4n) is 2.45. The van der Waals surface area contributed by atoms with Crippen LogP contribution >= 0.6 is 0 Å². The summed E-state index contributed by atoms with van der Waals surface area (Å²) in [5.41, 5.74) is 0.729. The second kappa shape index (κ2) is 5.05. The molecule has 2 heterocycles. The molecule has 1 saturated heterocycles. The van der Waals surface area contributed by atoms with Gasteiger partial charge in [0.15, 0.2) is 11.5 Å². The Balaban J connectivity index is 1.81. The van der Waals surface area contributed by atoms with E-state index in [4.69, 9.17) is 9.47 Å². The molecule has 0 spiro atoms. The van der Waals surface area contributed by atoms with E-state index in [-0.39, 0.29) is 19.9 Å². The summed E-state index contributed by atoms with van der Waals surface area (Å²) < 4.78 is 49.2. The molecule has 1 fully saturated rings. The third kappa shape index (κ3) is 2.63. The van der Waals surface area contributed by atoms with Crippen molar-refractivity contribution in [1.29, 1.82) is 0 Å². The first-order valence-corrected chi connectivity index (χ1v) is 6.46. The number of hydrogen-bond donors (Lipinski definition) is 1. The molecule has 1 aromatic rings. The van der Waals surface area contributed by atoms with E-state index in [9.17, 15) is 13.2 Å². The maximum atomic E-state index is 12.9. The summed E-state index contributed by atoms with van der Waals surface area (Å²) in [5.74, 6) is -0.146. The number of hydrogen-bond acceptors (Lipinski definition) is 4. The van der Waals surface area contributed by atoms with Gasteiger partial charge in [0.25, 0.3) is 0 Å². The van der Waals surface area contributed by atoms with Crippen LogP contribution in [-0.4, -0.2) is 39.1 Å². The number of rotatable bonds is 1. The van der Waals surface area contributed by atoms with Crippen molar-refractivity contribution in [3.63, 3.8) is 0 Å². The number of nitrogens with one attached hydrogen (secondary N) is 1. The lowest BCUT2D eigenvalue weighted by Gasteiger charge is -2.27. The highest BCUT2D eigenvalue weighted by atomic mass is 19.4. The zero-order valence-electron chi connectivity index (χ0n) is 10.7. The Kier molecular flexibility index (Phi) is 3.37. The molecule has 1 N–H and O–H groups in total. The van der Waals surface area contributed by atoms with Crippen LogP contribution in [0, 0.1) is 5.92 Å². The summed E-state index contributed by atoms with van der Waals surface area (Å²) in [5, 5.41) is 2.84. The van der Waals surface area contributed by atoms with E-state index in [0.29, 0.717) is 24.6 Å². The van der Waals surface area contributed by atoms with Crippen LogP contribution in [0.15, 0.2) is 18.2 Å². The first-order chi connectivity index (χ1) is 9.54. The quantitative estimate of drug-likeness (QED) is 0.857. The highest BCUT2D eigenvalue weighted by molar-refractivity contribution is 5.57. The van der Waals surface area contributed by atoms with Gasteiger partial charge < -0.3 is 19.7 Å². The summed E-state index contributed by atoms with van der Waals surface area (Å²) >= 11 is 0. The topological polar surface area (TPSA) is 33.7 Å².